The standard InChI is InChI=1S/C36H41ClN2O5/c1-22(20-42-30-9-14-38-29-8-3-5-23(2)33(29)30)15-25-16-24-17-31-32(44-21-43-31)19-28(24)35(25)10-12-36(13-11-35,34(40)41)39-27-7-4-6-26(37)18-27/h4,6-7,9,14,17-19,22-23,25,39H,3,5,8,10-13,15-16,20-21H2,1-2H3,(H,40,41)/t22-,23-,25+,35?,36?/m1/s1. The van der Waals surface area contributed by atoms with Crippen molar-refractivity contribution >= 4 is 23.3 Å². The number of rotatable bonds is 8. The lowest BCUT2D eigenvalue weighted by Gasteiger charge is -2.47. The van der Waals surface area contributed by atoms with Gasteiger partial charge in [-0.3, -0.25) is 4.98 Å². The van der Waals surface area contributed by atoms with Crippen LogP contribution in [0.1, 0.15) is 87.1 Å². The minimum atomic E-state index is -1.05. The van der Waals surface area contributed by atoms with Gasteiger partial charge in [-0.1, -0.05) is 31.5 Å². The average Bonchev–Trinajstić information content (AvgIpc) is 3.58. The fourth-order valence-electron chi connectivity index (χ4n) is 8.50. The fraction of sp³-hybridized carbons (Fsp3) is 0.500. The van der Waals surface area contributed by atoms with Crippen LogP contribution in [0.4, 0.5) is 5.69 Å². The quantitative estimate of drug-likeness (QED) is 0.266. The first kappa shape index (κ1) is 29.3. The summed E-state index contributed by atoms with van der Waals surface area (Å²) in [6.45, 7) is 5.45. The molecule has 7 rings (SSSR count). The number of aromatic nitrogens is 1. The van der Waals surface area contributed by atoms with Gasteiger partial charge in [0.25, 0.3) is 0 Å². The molecule has 1 aliphatic heterocycles. The number of hydrogen-bond donors (Lipinski definition) is 2. The Labute approximate surface area is 264 Å². The van der Waals surface area contributed by atoms with Gasteiger partial charge in [0.1, 0.15) is 11.3 Å². The van der Waals surface area contributed by atoms with Crippen LogP contribution < -0.4 is 19.5 Å². The minimum absolute atomic E-state index is 0.135. The summed E-state index contributed by atoms with van der Waals surface area (Å²) < 4.78 is 18.1. The lowest BCUT2D eigenvalue weighted by Crippen LogP contribution is -2.53. The molecule has 0 unspecified atom stereocenters. The highest BCUT2D eigenvalue weighted by molar-refractivity contribution is 6.30. The number of hydrogen-bond acceptors (Lipinski definition) is 6. The Morgan fingerprint density at radius 1 is 1.16 bits per heavy atom. The Bertz CT molecular complexity index is 1570. The SMILES string of the molecule is C[C@@H](COc1ccnc2c1[C@H](C)CCC2)C[C@H]1Cc2cc3c(cc2C12CCC(Nc1cccc(Cl)c1)(C(=O)O)CC2)OCO3. The van der Waals surface area contributed by atoms with E-state index in [1.165, 1.54) is 35.2 Å². The second-order valence-corrected chi connectivity index (χ2v) is 14.0. The molecule has 1 spiro atoms. The van der Waals surface area contributed by atoms with Crippen molar-refractivity contribution in [2.24, 2.45) is 11.8 Å². The summed E-state index contributed by atoms with van der Waals surface area (Å²) in [5.41, 5.74) is 4.63. The van der Waals surface area contributed by atoms with Crippen molar-refractivity contribution in [2.75, 3.05) is 18.7 Å². The Kier molecular flexibility index (Phi) is 7.64. The number of carboxylic acid groups (broad SMARTS) is 1. The number of aryl methyl sites for hydroxylation is 1. The van der Waals surface area contributed by atoms with Gasteiger partial charge in [-0.15, -0.1) is 0 Å². The van der Waals surface area contributed by atoms with Crippen molar-refractivity contribution in [3.63, 3.8) is 0 Å². The summed E-state index contributed by atoms with van der Waals surface area (Å²) in [6.07, 6.45) is 9.78. The van der Waals surface area contributed by atoms with E-state index in [1.54, 1.807) is 12.1 Å². The largest absolute Gasteiger partial charge is 0.493 e. The Balaban J connectivity index is 1.13. The van der Waals surface area contributed by atoms with Gasteiger partial charge in [-0.05, 0) is 128 Å². The third-order valence-electron chi connectivity index (χ3n) is 10.8. The highest BCUT2D eigenvalue weighted by atomic mass is 35.5. The molecule has 2 aromatic carbocycles. The fourth-order valence-corrected chi connectivity index (χ4v) is 8.69. The number of carboxylic acids is 1. The molecule has 0 saturated heterocycles. The van der Waals surface area contributed by atoms with Crippen molar-refractivity contribution in [2.45, 2.75) is 88.5 Å². The van der Waals surface area contributed by atoms with Crippen LogP contribution in [0, 0.1) is 11.8 Å². The van der Waals surface area contributed by atoms with E-state index < -0.39 is 11.5 Å². The first-order chi connectivity index (χ1) is 21.3. The topological polar surface area (TPSA) is 89.9 Å². The van der Waals surface area contributed by atoms with Crippen LogP contribution in [0.25, 0.3) is 0 Å². The molecule has 2 heterocycles. The number of fused-ring (bicyclic) bond motifs is 4. The van der Waals surface area contributed by atoms with Crippen molar-refractivity contribution in [3.05, 3.63) is 76.1 Å². The van der Waals surface area contributed by atoms with E-state index in [0.29, 0.717) is 42.2 Å². The summed E-state index contributed by atoms with van der Waals surface area (Å²) in [7, 11) is 0. The molecule has 1 fully saturated rings. The van der Waals surface area contributed by atoms with E-state index >= 15 is 0 Å². The van der Waals surface area contributed by atoms with E-state index in [1.807, 2.05) is 24.4 Å². The Hall–Kier alpha value is -3.45. The number of ether oxygens (including phenoxy) is 3. The summed E-state index contributed by atoms with van der Waals surface area (Å²) >= 11 is 6.24. The first-order valence-electron chi connectivity index (χ1n) is 16.1. The molecule has 4 aliphatic rings. The Morgan fingerprint density at radius 2 is 1.95 bits per heavy atom. The lowest BCUT2D eigenvalue weighted by molar-refractivity contribution is -0.144. The summed E-state index contributed by atoms with van der Waals surface area (Å²) in [5.74, 6) is 2.93. The summed E-state index contributed by atoms with van der Waals surface area (Å²) in [4.78, 5) is 17.5. The van der Waals surface area contributed by atoms with Crippen LogP contribution in [-0.2, 0) is 23.1 Å². The minimum Gasteiger partial charge on any atom is -0.493 e. The molecule has 3 aromatic rings. The van der Waals surface area contributed by atoms with Gasteiger partial charge in [0, 0.05) is 28.2 Å². The first-order valence-corrected chi connectivity index (χ1v) is 16.4. The number of anilines is 1. The number of pyridine rings is 1. The molecule has 8 heteroatoms. The normalized spacial score (nSPS) is 27.4. The Morgan fingerprint density at radius 3 is 2.73 bits per heavy atom. The van der Waals surface area contributed by atoms with E-state index in [4.69, 9.17) is 25.8 Å². The molecule has 0 amide bonds. The number of aliphatic carboxylic acids is 1. The number of halogens is 1. The molecule has 1 saturated carbocycles. The molecule has 3 atom stereocenters. The number of nitrogens with zero attached hydrogens (tertiary/aromatic N) is 1. The van der Waals surface area contributed by atoms with Gasteiger partial charge in [-0.25, -0.2) is 4.79 Å². The maximum atomic E-state index is 12.8. The maximum absolute atomic E-state index is 12.8. The molecule has 1 aromatic heterocycles. The van der Waals surface area contributed by atoms with Crippen LogP contribution >= 0.6 is 11.6 Å². The third-order valence-corrected chi connectivity index (χ3v) is 11.0. The van der Waals surface area contributed by atoms with Gasteiger partial charge >= 0.3 is 5.97 Å². The summed E-state index contributed by atoms with van der Waals surface area (Å²) in [6, 6.07) is 13.7. The molecule has 44 heavy (non-hydrogen) atoms. The van der Waals surface area contributed by atoms with E-state index in [0.717, 1.165) is 55.0 Å². The number of nitrogens with one attached hydrogen (secondary N) is 1. The third kappa shape index (κ3) is 5.17. The lowest BCUT2D eigenvalue weighted by atomic mass is 9.59. The van der Waals surface area contributed by atoms with E-state index in [-0.39, 0.29) is 12.2 Å². The van der Waals surface area contributed by atoms with Crippen molar-refractivity contribution in [1.82, 2.24) is 4.98 Å². The molecule has 232 valence electrons. The van der Waals surface area contributed by atoms with Crippen molar-refractivity contribution in [3.8, 4) is 17.2 Å². The van der Waals surface area contributed by atoms with Gasteiger partial charge in [0.05, 0.1) is 6.61 Å². The van der Waals surface area contributed by atoms with Gasteiger partial charge in [-0.2, -0.15) is 0 Å². The molecule has 7 nitrogen and oxygen atoms in total. The van der Waals surface area contributed by atoms with Crippen molar-refractivity contribution < 1.29 is 24.1 Å². The van der Waals surface area contributed by atoms with Crippen LogP contribution in [0.5, 0.6) is 17.2 Å². The molecule has 0 bridgehead atoms. The zero-order valence-corrected chi connectivity index (χ0v) is 26.3. The number of benzene rings is 2. The second-order valence-electron chi connectivity index (χ2n) is 13.6. The van der Waals surface area contributed by atoms with E-state index in [9.17, 15) is 9.90 Å². The van der Waals surface area contributed by atoms with E-state index in [2.05, 4.69) is 36.3 Å². The highest BCUT2D eigenvalue weighted by Crippen LogP contribution is 2.58. The molecule has 0 radical (unpaired) electrons. The second kappa shape index (κ2) is 11.5. The molecular formula is C36H41ClN2O5. The predicted octanol–water partition coefficient (Wildman–Crippen LogP) is 7.93. The monoisotopic (exact) mass is 616 g/mol. The van der Waals surface area contributed by atoms with Crippen LogP contribution in [0.2, 0.25) is 5.02 Å². The van der Waals surface area contributed by atoms with Gasteiger partial charge in [0.15, 0.2) is 11.5 Å². The van der Waals surface area contributed by atoms with Crippen LogP contribution in [-0.4, -0.2) is 35.0 Å². The zero-order chi connectivity index (χ0) is 30.5. The highest BCUT2D eigenvalue weighted by Gasteiger charge is 2.54. The van der Waals surface area contributed by atoms with Gasteiger partial charge in [0.2, 0.25) is 6.79 Å². The molecule has 2 N–H and O–H groups in total. The van der Waals surface area contributed by atoms with Crippen LogP contribution in [0.3, 0.4) is 0 Å². The number of carbonyl (C=O) groups is 1. The zero-order valence-electron chi connectivity index (χ0n) is 25.5. The van der Waals surface area contributed by atoms with Crippen molar-refractivity contribution in [1.29, 1.82) is 0 Å². The predicted molar refractivity (Wildman–Crippen MR) is 170 cm³/mol. The molecule has 3 aliphatic carbocycles. The maximum Gasteiger partial charge on any atom is 0.329 e. The van der Waals surface area contributed by atoms with Crippen LogP contribution in [0.15, 0.2) is 48.7 Å². The smallest absolute Gasteiger partial charge is 0.329 e. The molecular weight excluding hydrogens is 576 g/mol. The van der Waals surface area contributed by atoms with Gasteiger partial charge < -0.3 is 24.6 Å². The summed E-state index contributed by atoms with van der Waals surface area (Å²) in [5, 5.41) is 14.5. The average molecular weight is 617 g/mol.